The van der Waals surface area contributed by atoms with Crippen LogP contribution in [0.3, 0.4) is 0 Å². The minimum absolute atomic E-state index is 0.125. The van der Waals surface area contributed by atoms with Gasteiger partial charge in [-0.1, -0.05) is 31.1 Å². The number of hydrogen-bond acceptors (Lipinski definition) is 5. The molecule has 128 valence electrons. The Hall–Kier alpha value is -2.34. The Labute approximate surface area is 140 Å². The highest BCUT2D eigenvalue weighted by Gasteiger charge is 2.32. The molecule has 0 spiro atoms. The molecule has 0 bridgehead atoms. The van der Waals surface area contributed by atoms with Gasteiger partial charge in [-0.15, -0.1) is 0 Å². The van der Waals surface area contributed by atoms with E-state index >= 15 is 0 Å². The molecule has 2 aromatic rings. The molecule has 6 nitrogen and oxygen atoms in total. The van der Waals surface area contributed by atoms with Crippen LogP contribution < -0.4 is 0 Å². The molecule has 0 radical (unpaired) electrons. The van der Waals surface area contributed by atoms with E-state index in [1.165, 1.54) is 0 Å². The molecule has 3 rings (SSSR count). The van der Waals surface area contributed by atoms with E-state index in [0.717, 1.165) is 0 Å². The van der Waals surface area contributed by atoms with Crippen LogP contribution in [0.15, 0.2) is 34.9 Å². The summed E-state index contributed by atoms with van der Waals surface area (Å²) >= 11 is 0. The van der Waals surface area contributed by atoms with E-state index < -0.39 is 6.10 Å². The van der Waals surface area contributed by atoms with E-state index in [1.54, 1.807) is 35.2 Å². The molecule has 1 aromatic carbocycles. The van der Waals surface area contributed by atoms with Gasteiger partial charge in [-0.2, -0.15) is 0 Å². The minimum atomic E-state index is -0.391. The lowest BCUT2D eigenvalue weighted by molar-refractivity contribution is 0.0694. The molecule has 1 fully saturated rings. The monoisotopic (exact) mass is 330 g/mol. The first-order chi connectivity index (χ1) is 11.3. The number of phenols is 1. The zero-order valence-electron chi connectivity index (χ0n) is 13.9. The maximum Gasteiger partial charge on any atom is 0.276 e. The number of carbonyl (C=O) groups is 1. The van der Waals surface area contributed by atoms with E-state index in [1.807, 2.05) is 13.8 Å². The summed E-state index contributed by atoms with van der Waals surface area (Å²) in [6.07, 6.45) is 0.842. The number of aromatic nitrogens is 1. The predicted octanol–water partition coefficient (Wildman–Crippen LogP) is 2.67. The molecular weight excluding hydrogens is 308 g/mol. The molecule has 2 N–H and O–H groups in total. The average Bonchev–Trinajstić information content (AvgIpc) is 2.95. The molecule has 2 heterocycles. The predicted molar refractivity (Wildman–Crippen MR) is 88.5 cm³/mol. The summed E-state index contributed by atoms with van der Waals surface area (Å²) in [6.45, 7) is 5.15. The van der Waals surface area contributed by atoms with E-state index in [0.29, 0.717) is 37.3 Å². The molecule has 1 aliphatic rings. The standard InChI is InChI=1S/C18H22N2O4/c1-18(2)10-14(22)6-7-20(11-18)17(23)15-9-16(24-19-15)12-4-3-5-13(21)8-12/h3-5,8-9,14,21-22H,6-7,10-11H2,1-2H3. The molecule has 0 aliphatic carbocycles. The number of aliphatic hydroxyl groups is 1. The maximum atomic E-state index is 12.7. The zero-order chi connectivity index (χ0) is 17.3. The topological polar surface area (TPSA) is 86.8 Å². The number of rotatable bonds is 2. The number of carbonyl (C=O) groups excluding carboxylic acids is 1. The first kappa shape index (κ1) is 16.5. The van der Waals surface area contributed by atoms with Crippen LogP contribution in [0.1, 0.15) is 37.2 Å². The molecule has 1 amide bonds. The fourth-order valence-electron chi connectivity index (χ4n) is 3.21. The van der Waals surface area contributed by atoms with Crippen LogP contribution in [0, 0.1) is 5.41 Å². The van der Waals surface area contributed by atoms with Crippen molar-refractivity contribution >= 4 is 5.91 Å². The van der Waals surface area contributed by atoms with E-state index in [4.69, 9.17) is 4.52 Å². The summed E-state index contributed by atoms with van der Waals surface area (Å²) in [6, 6.07) is 8.19. The van der Waals surface area contributed by atoms with Crippen LogP contribution in [-0.4, -0.2) is 45.4 Å². The third-order valence-corrected chi connectivity index (χ3v) is 4.29. The van der Waals surface area contributed by atoms with E-state index in [-0.39, 0.29) is 22.8 Å². The summed E-state index contributed by atoms with van der Waals surface area (Å²) < 4.78 is 5.26. The SMILES string of the molecule is CC1(C)CC(O)CCN(C(=O)c2cc(-c3cccc(O)c3)on2)C1. The van der Waals surface area contributed by atoms with Crippen LogP contribution in [0.4, 0.5) is 0 Å². The van der Waals surface area contributed by atoms with Crippen molar-refractivity contribution in [2.45, 2.75) is 32.8 Å². The third-order valence-electron chi connectivity index (χ3n) is 4.29. The fraction of sp³-hybridized carbons (Fsp3) is 0.444. The van der Waals surface area contributed by atoms with Gasteiger partial charge < -0.3 is 19.6 Å². The van der Waals surface area contributed by atoms with Crippen molar-refractivity contribution in [3.05, 3.63) is 36.0 Å². The molecule has 0 saturated carbocycles. The molecule has 1 saturated heterocycles. The quantitative estimate of drug-likeness (QED) is 0.884. The van der Waals surface area contributed by atoms with Gasteiger partial charge in [0.2, 0.25) is 0 Å². The van der Waals surface area contributed by atoms with Gasteiger partial charge in [-0.05, 0) is 30.4 Å². The van der Waals surface area contributed by atoms with Crippen LogP contribution in [-0.2, 0) is 0 Å². The molecule has 1 aliphatic heterocycles. The number of amides is 1. The van der Waals surface area contributed by atoms with Crippen molar-refractivity contribution in [3.63, 3.8) is 0 Å². The Morgan fingerprint density at radius 2 is 2.17 bits per heavy atom. The largest absolute Gasteiger partial charge is 0.508 e. The highest BCUT2D eigenvalue weighted by atomic mass is 16.5. The van der Waals surface area contributed by atoms with Crippen molar-refractivity contribution in [1.82, 2.24) is 10.1 Å². The number of phenolic OH excluding ortho intramolecular Hbond substituents is 1. The highest BCUT2D eigenvalue weighted by Crippen LogP contribution is 2.30. The molecule has 1 atom stereocenters. The normalized spacial score (nSPS) is 20.6. The van der Waals surface area contributed by atoms with Gasteiger partial charge >= 0.3 is 0 Å². The van der Waals surface area contributed by atoms with Crippen molar-refractivity contribution in [2.24, 2.45) is 5.41 Å². The Morgan fingerprint density at radius 3 is 2.92 bits per heavy atom. The summed E-state index contributed by atoms with van der Waals surface area (Å²) in [5, 5.41) is 23.4. The van der Waals surface area contributed by atoms with Gasteiger partial charge in [-0.3, -0.25) is 4.79 Å². The van der Waals surface area contributed by atoms with Gasteiger partial charge in [-0.25, -0.2) is 0 Å². The van der Waals surface area contributed by atoms with Gasteiger partial charge in [0.25, 0.3) is 5.91 Å². The van der Waals surface area contributed by atoms with Crippen LogP contribution in [0.2, 0.25) is 0 Å². The number of benzene rings is 1. The van der Waals surface area contributed by atoms with Gasteiger partial charge in [0.1, 0.15) is 5.75 Å². The first-order valence-electron chi connectivity index (χ1n) is 8.07. The van der Waals surface area contributed by atoms with E-state index in [9.17, 15) is 15.0 Å². The van der Waals surface area contributed by atoms with Crippen molar-refractivity contribution < 1.29 is 19.5 Å². The van der Waals surface area contributed by atoms with Crippen LogP contribution >= 0.6 is 0 Å². The van der Waals surface area contributed by atoms with Gasteiger partial charge in [0.05, 0.1) is 6.10 Å². The van der Waals surface area contributed by atoms with Crippen LogP contribution in [0.25, 0.3) is 11.3 Å². The molecular formula is C18H22N2O4. The second kappa shape index (κ2) is 6.28. The molecule has 1 aromatic heterocycles. The van der Waals surface area contributed by atoms with Crippen molar-refractivity contribution in [2.75, 3.05) is 13.1 Å². The Morgan fingerprint density at radius 1 is 1.38 bits per heavy atom. The second-order valence-electron chi connectivity index (χ2n) is 7.16. The zero-order valence-corrected chi connectivity index (χ0v) is 13.9. The number of likely N-dealkylation sites (tertiary alicyclic amines) is 1. The summed E-state index contributed by atoms with van der Waals surface area (Å²) in [5.74, 6) is 0.357. The van der Waals surface area contributed by atoms with E-state index in [2.05, 4.69) is 5.16 Å². The van der Waals surface area contributed by atoms with Crippen LogP contribution in [0.5, 0.6) is 5.75 Å². The molecule has 1 unspecified atom stereocenters. The van der Waals surface area contributed by atoms with Crippen molar-refractivity contribution in [3.8, 4) is 17.1 Å². The third kappa shape index (κ3) is 3.59. The Kier molecular flexibility index (Phi) is 4.32. The Balaban J connectivity index is 1.80. The average molecular weight is 330 g/mol. The lowest BCUT2D eigenvalue weighted by Crippen LogP contribution is -2.37. The highest BCUT2D eigenvalue weighted by molar-refractivity contribution is 5.93. The summed E-state index contributed by atoms with van der Waals surface area (Å²) in [4.78, 5) is 14.5. The Bertz CT molecular complexity index is 738. The molecule has 6 heteroatoms. The number of aliphatic hydroxyl groups excluding tert-OH is 1. The summed E-state index contributed by atoms with van der Waals surface area (Å²) in [5.41, 5.74) is 0.748. The minimum Gasteiger partial charge on any atom is -0.508 e. The lowest BCUT2D eigenvalue weighted by atomic mass is 9.87. The molecule has 24 heavy (non-hydrogen) atoms. The fourth-order valence-corrected chi connectivity index (χ4v) is 3.21. The summed E-state index contributed by atoms with van der Waals surface area (Å²) in [7, 11) is 0. The number of aromatic hydroxyl groups is 1. The van der Waals surface area contributed by atoms with Crippen molar-refractivity contribution in [1.29, 1.82) is 0 Å². The smallest absolute Gasteiger partial charge is 0.276 e. The lowest BCUT2D eigenvalue weighted by Gasteiger charge is -2.29. The number of nitrogens with zero attached hydrogens (tertiary/aromatic N) is 2. The van der Waals surface area contributed by atoms with Gasteiger partial charge in [0, 0.05) is 24.7 Å². The first-order valence-corrected chi connectivity index (χ1v) is 8.07. The second-order valence-corrected chi connectivity index (χ2v) is 7.16. The number of hydrogen-bond donors (Lipinski definition) is 2. The maximum absolute atomic E-state index is 12.7. The van der Waals surface area contributed by atoms with Gasteiger partial charge in [0.15, 0.2) is 11.5 Å².